The third kappa shape index (κ3) is 6.56. The first-order chi connectivity index (χ1) is 14.7. The van der Waals surface area contributed by atoms with Crippen LogP contribution in [0.5, 0.6) is 11.9 Å². The summed E-state index contributed by atoms with van der Waals surface area (Å²) in [7, 11) is 2.88. The number of nitrogens with zero attached hydrogens (tertiary/aromatic N) is 2. The molecular formula is C22H27N5O4. The third-order valence-corrected chi connectivity index (χ3v) is 4.35. The molecule has 1 aromatic heterocycles. The average Bonchev–Trinajstić information content (AvgIpc) is 2.75. The van der Waals surface area contributed by atoms with Crippen LogP contribution >= 0.6 is 0 Å². The van der Waals surface area contributed by atoms with Crippen molar-refractivity contribution in [3.63, 3.8) is 0 Å². The molecule has 1 heterocycles. The minimum absolute atomic E-state index is 0.146. The standard InChI is InChI=1S/C22H27N5O4/c1-14(2)15-8-7-9-17(12-15)22(3,4)25-20(29)27-26-18(28)11-10-16-13-23-21(31-6)24-19(16)30-5/h7-13H,1H2,2-6H3,(H,26,28)(H2,25,27,29)/b11-10-. The SMILES string of the molecule is C=C(C)c1cccc(C(C)(C)NC(=O)NNC(=O)/C=C\c2cnc(OC)nc2OC)c1. The Morgan fingerprint density at radius 1 is 1.16 bits per heavy atom. The lowest BCUT2D eigenvalue weighted by Crippen LogP contribution is -2.52. The van der Waals surface area contributed by atoms with E-state index in [0.717, 1.165) is 16.7 Å². The lowest BCUT2D eigenvalue weighted by Gasteiger charge is -2.27. The van der Waals surface area contributed by atoms with E-state index in [1.807, 2.05) is 45.0 Å². The molecule has 0 saturated heterocycles. The Labute approximate surface area is 181 Å². The molecule has 0 aliphatic carbocycles. The molecule has 3 N–H and O–H groups in total. The van der Waals surface area contributed by atoms with Gasteiger partial charge < -0.3 is 14.8 Å². The van der Waals surface area contributed by atoms with Gasteiger partial charge in [-0.25, -0.2) is 15.2 Å². The predicted molar refractivity (Wildman–Crippen MR) is 118 cm³/mol. The first-order valence-corrected chi connectivity index (χ1v) is 9.44. The quantitative estimate of drug-likeness (QED) is 0.464. The number of rotatable bonds is 7. The first kappa shape index (κ1) is 23.4. The number of benzene rings is 1. The maximum absolute atomic E-state index is 12.3. The highest BCUT2D eigenvalue weighted by Crippen LogP contribution is 2.23. The van der Waals surface area contributed by atoms with Gasteiger partial charge in [-0.1, -0.05) is 30.4 Å². The van der Waals surface area contributed by atoms with Crippen molar-refractivity contribution in [3.8, 4) is 11.9 Å². The molecule has 0 unspecified atom stereocenters. The Morgan fingerprint density at radius 2 is 1.90 bits per heavy atom. The highest BCUT2D eigenvalue weighted by Gasteiger charge is 2.23. The highest BCUT2D eigenvalue weighted by atomic mass is 16.5. The summed E-state index contributed by atoms with van der Waals surface area (Å²) in [6.45, 7) is 9.59. The van der Waals surface area contributed by atoms with Crippen LogP contribution in [0.15, 0.2) is 43.1 Å². The van der Waals surface area contributed by atoms with Crippen molar-refractivity contribution in [1.29, 1.82) is 0 Å². The molecule has 0 bridgehead atoms. The van der Waals surface area contributed by atoms with Gasteiger partial charge in [0, 0.05) is 12.3 Å². The Kier molecular flexibility index (Phi) is 7.73. The lowest BCUT2D eigenvalue weighted by molar-refractivity contribution is -0.117. The molecule has 0 saturated carbocycles. The average molecular weight is 425 g/mol. The van der Waals surface area contributed by atoms with Crippen molar-refractivity contribution in [3.05, 3.63) is 59.8 Å². The molecule has 31 heavy (non-hydrogen) atoms. The van der Waals surface area contributed by atoms with E-state index in [4.69, 9.17) is 9.47 Å². The second kappa shape index (κ2) is 10.2. The summed E-state index contributed by atoms with van der Waals surface area (Å²) in [6, 6.07) is 7.33. The van der Waals surface area contributed by atoms with Gasteiger partial charge in [-0.15, -0.1) is 0 Å². The molecule has 0 spiro atoms. The van der Waals surface area contributed by atoms with Gasteiger partial charge >= 0.3 is 12.0 Å². The molecule has 2 rings (SSSR count). The van der Waals surface area contributed by atoms with E-state index in [-0.39, 0.29) is 11.9 Å². The van der Waals surface area contributed by atoms with Gasteiger partial charge in [0.2, 0.25) is 5.88 Å². The highest BCUT2D eigenvalue weighted by molar-refractivity contribution is 5.93. The van der Waals surface area contributed by atoms with Crippen LogP contribution in [0.3, 0.4) is 0 Å². The molecule has 2 aromatic rings. The third-order valence-electron chi connectivity index (χ3n) is 4.35. The van der Waals surface area contributed by atoms with Gasteiger partial charge in [0.05, 0.1) is 25.3 Å². The molecule has 0 aliphatic heterocycles. The number of urea groups is 1. The van der Waals surface area contributed by atoms with Crippen molar-refractivity contribution in [2.24, 2.45) is 0 Å². The van der Waals surface area contributed by atoms with Gasteiger partial charge in [0.15, 0.2) is 0 Å². The first-order valence-electron chi connectivity index (χ1n) is 9.44. The molecule has 9 heteroatoms. The van der Waals surface area contributed by atoms with Crippen molar-refractivity contribution in [2.75, 3.05) is 14.2 Å². The molecule has 3 amide bonds. The second-order valence-corrected chi connectivity index (χ2v) is 7.21. The Hall–Kier alpha value is -3.88. The van der Waals surface area contributed by atoms with Crippen LogP contribution in [0.1, 0.15) is 37.5 Å². The smallest absolute Gasteiger partial charge is 0.334 e. The van der Waals surface area contributed by atoms with Crippen LogP contribution in [0, 0.1) is 0 Å². The Morgan fingerprint density at radius 3 is 2.55 bits per heavy atom. The number of hydrazine groups is 1. The molecule has 0 fully saturated rings. The summed E-state index contributed by atoms with van der Waals surface area (Å²) < 4.78 is 10.1. The number of hydrogen-bond acceptors (Lipinski definition) is 6. The minimum Gasteiger partial charge on any atom is -0.480 e. The van der Waals surface area contributed by atoms with Crippen molar-refractivity contribution >= 4 is 23.6 Å². The van der Waals surface area contributed by atoms with Crippen LogP contribution in [-0.2, 0) is 10.3 Å². The van der Waals surface area contributed by atoms with Crippen LogP contribution in [0.4, 0.5) is 4.79 Å². The maximum atomic E-state index is 12.3. The number of allylic oxidation sites excluding steroid dienone is 1. The summed E-state index contributed by atoms with van der Waals surface area (Å²) >= 11 is 0. The molecule has 0 aliphatic rings. The molecule has 0 atom stereocenters. The van der Waals surface area contributed by atoms with Gasteiger partial charge in [0.1, 0.15) is 0 Å². The number of hydrogen-bond donors (Lipinski definition) is 3. The topological polar surface area (TPSA) is 114 Å². The summed E-state index contributed by atoms with van der Waals surface area (Å²) in [5.41, 5.74) is 7.26. The number of aromatic nitrogens is 2. The van der Waals surface area contributed by atoms with Gasteiger partial charge in [-0.2, -0.15) is 4.98 Å². The molecule has 164 valence electrons. The summed E-state index contributed by atoms with van der Waals surface area (Å²) in [5.74, 6) is -0.296. The fourth-order valence-electron chi connectivity index (χ4n) is 2.62. The van der Waals surface area contributed by atoms with E-state index in [2.05, 4.69) is 32.7 Å². The number of nitrogens with one attached hydrogen (secondary N) is 3. The predicted octanol–water partition coefficient (Wildman–Crippen LogP) is 2.81. The van der Waals surface area contributed by atoms with Crippen molar-refractivity contribution in [2.45, 2.75) is 26.3 Å². The zero-order valence-corrected chi connectivity index (χ0v) is 18.3. The normalized spacial score (nSPS) is 11.0. The van der Waals surface area contributed by atoms with E-state index >= 15 is 0 Å². The zero-order valence-electron chi connectivity index (χ0n) is 18.3. The summed E-state index contributed by atoms with van der Waals surface area (Å²) in [5, 5.41) is 2.83. The molecule has 0 radical (unpaired) electrons. The largest absolute Gasteiger partial charge is 0.480 e. The van der Waals surface area contributed by atoms with E-state index in [1.165, 1.54) is 32.6 Å². The van der Waals surface area contributed by atoms with E-state index in [9.17, 15) is 9.59 Å². The maximum Gasteiger partial charge on any atom is 0.334 e. The van der Waals surface area contributed by atoms with Gasteiger partial charge in [-0.05, 0) is 44.0 Å². The van der Waals surface area contributed by atoms with E-state index < -0.39 is 17.5 Å². The van der Waals surface area contributed by atoms with Crippen LogP contribution < -0.4 is 25.6 Å². The fourth-order valence-corrected chi connectivity index (χ4v) is 2.62. The van der Waals surface area contributed by atoms with Crippen LogP contribution in [0.2, 0.25) is 0 Å². The molecule has 9 nitrogen and oxygen atoms in total. The number of methoxy groups -OCH3 is 2. The minimum atomic E-state index is -0.677. The Balaban J connectivity index is 1.95. The van der Waals surface area contributed by atoms with E-state index in [0.29, 0.717) is 5.56 Å². The number of amides is 3. The number of carbonyl (C=O) groups is 2. The van der Waals surface area contributed by atoms with Crippen LogP contribution in [0.25, 0.3) is 11.6 Å². The fraction of sp³-hybridized carbons (Fsp3) is 0.273. The van der Waals surface area contributed by atoms with Gasteiger partial charge in [0.25, 0.3) is 5.91 Å². The van der Waals surface area contributed by atoms with Crippen molar-refractivity contribution < 1.29 is 19.1 Å². The number of carbonyl (C=O) groups excluding carboxylic acids is 2. The van der Waals surface area contributed by atoms with Crippen LogP contribution in [-0.4, -0.2) is 36.1 Å². The van der Waals surface area contributed by atoms with Crippen molar-refractivity contribution in [1.82, 2.24) is 26.1 Å². The van der Waals surface area contributed by atoms with E-state index in [1.54, 1.807) is 0 Å². The lowest BCUT2D eigenvalue weighted by atomic mass is 9.92. The number of ether oxygens (including phenoxy) is 2. The molecular weight excluding hydrogens is 398 g/mol. The Bertz CT molecular complexity index is 1000. The van der Waals surface area contributed by atoms with Gasteiger partial charge in [-0.3, -0.25) is 10.2 Å². The zero-order chi connectivity index (χ0) is 23.0. The summed E-state index contributed by atoms with van der Waals surface area (Å²) in [4.78, 5) is 32.3. The second-order valence-electron chi connectivity index (χ2n) is 7.21. The molecule has 1 aromatic carbocycles. The summed E-state index contributed by atoms with van der Waals surface area (Å²) in [6.07, 6.45) is 4.13. The monoisotopic (exact) mass is 425 g/mol.